The molecule has 0 bridgehead atoms. The summed E-state index contributed by atoms with van der Waals surface area (Å²) in [5.74, 6) is -2.27. The lowest BCUT2D eigenvalue weighted by molar-refractivity contribution is -0.192. The number of hydrogen-bond acceptors (Lipinski definition) is 7. The van der Waals surface area contributed by atoms with E-state index >= 15 is 0 Å². The van der Waals surface area contributed by atoms with E-state index in [0.717, 1.165) is 23.0 Å². The highest BCUT2D eigenvalue weighted by Crippen LogP contribution is 2.32. The van der Waals surface area contributed by atoms with Crippen LogP contribution in [-0.2, 0) is 22.6 Å². The number of anilines is 2. The summed E-state index contributed by atoms with van der Waals surface area (Å²) >= 11 is 5.98. The first-order chi connectivity index (χ1) is 18.7. The molecule has 4 rings (SSSR count). The molecule has 2 aliphatic rings. The Morgan fingerprint density at radius 3 is 2.27 bits per heavy atom. The van der Waals surface area contributed by atoms with E-state index in [-0.39, 0.29) is 29.2 Å². The molecular formula is C26H30ClF4N5O4. The summed E-state index contributed by atoms with van der Waals surface area (Å²) in [5.41, 5.74) is 1.79. The zero-order valence-corrected chi connectivity index (χ0v) is 22.9. The SMILES string of the molecule is CC(=O)N1CCc2nc(NC(C)C)c(N3CCC(C(=O)c4cc(Cl)ccc4F)CC3)nc2C1.O=C(O)C(F)(F)F. The number of benzene rings is 1. The predicted octanol–water partition coefficient (Wildman–Crippen LogP) is 4.73. The second-order valence-corrected chi connectivity index (χ2v) is 10.3. The number of ketones is 1. The largest absolute Gasteiger partial charge is 0.490 e. The van der Waals surface area contributed by atoms with E-state index in [1.54, 1.807) is 11.8 Å². The van der Waals surface area contributed by atoms with Crippen LogP contribution in [0.4, 0.5) is 29.2 Å². The summed E-state index contributed by atoms with van der Waals surface area (Å²) in [6.07, 6.45) is -3.23. The van der Waals surface area contributed by atoms with Crippen molar-refractivity contribution in [1.82, 2.24) is 14.9 Å². The normalized spacial score (nSPS) is 15.7. The number of halogens is 5. The van der Waals surface area contributed by atoms with Gasteiger partial charge in [-0.3, -0.25) is 9.59 Å². The Bertz CT molecular complexity index is 1270. The van der Waals surface area contributed by atoms with Crippen LogP contribution in [-0.4, -0.2) is 69.5 Å². The molecule has 2 N–H and O–H groups in total. The van der Waals surface area contributed by atoms with Crippen LogP contribution in [0, 0.1) is 11.7 Å². The Morgan fingerprint density at radius 2 is 1.73 bits per heavy atom. The number of piperidine rings is 1. The minimum Gasteiger partial charge on any atom is -0.475 e. The number of alkyl halides is 3. The summed E-state index contributed by atoms with van der Waals surface area (Å²) in [4.78, 5) is 47.4. The monoisotopic (exact) mass is 587 g/mol. The maximum absolute atomic E-state index is 14.2. The van der Waals surface area contributed by atoms with Crippen molar-refractivity contribution in [2.75, 3.05) is 29.9 Å². The molecule has 0 aliphatic carbocycles. The number of carboxylic acids is 1. The molecule has 0 unspecified atom stereocenters. The van der Waals surface area contributed by atoms with Crippen molar-refractivity contribution in [2.45, 2.75) is 58.8 Å². The first kappa shape index (κ1) is 31.1. The highest BCUT2D eigenvalue weighted by atomic mass is 35.5. The first-order valence-electron chi connectivity index (χ1n) is 12.6. The van der Waals surface area contributed by atoms with Gasteiger partial charge in [0.15, 0.2) is 17.4 Å². The number of rotatable bonds is 5. The summed E-state index contributed by atoms with van der Waals surface area (Å²) in [5, 5.41) is 10.9. The van der Waals surface area contributed by atoms with Crippen LogP contribution in [0.1, 0.15) is 55.4 Å². The summed E-state index contributed by atoms with van der Waals surface area (Å²) < 4.78 is 45.9. The quantitative estimate of drug-likeness (QED) is 0.381. The Kier molecular flexibility index (Phi) is 9.93. The second kappa shape index (κ2) is 12.8. The number of Topliss-reactive ketones (excluding diaryl/α,β-unsaturated/α-hetero) is 1. The number of fused-ring (bicyclic) bond motifs is 1. The third-order valence-corrected chi connectivity index (χ3v) is 6.70. The van der Waals surface area contributed by atoms with Crippen LogP contribution in [0.2, 0.25) is 5.02 Å². The van der Waals surface area contributed by atoms with Crippen LogP contribution in [0.15, 0.2) is 18.2 Å². The van der Waals surface area contributed by atoms with Crippen molar-refractivity contribution < 1.29 is 37.1 Å². The van der Waals surface area contributed by atoms with Gasteiger partial charge in [-0.05, 0) is 44.9 Å². The molecule has 1 aromatic heterocycles. The van der Waals surface area contributed by atoms with Crippen LogP contribution < -0.4 is 10.2 Å². The lowest BCUT2D eigenvalue weighted by atomic mass is 9.88. The minimum absolute atomic E-state index is 0.0287. The molecule has 0 spiro atoms. The fourth-order valence-electron chi connectivity index (χ4n) is 4.44. The fourth-order valence-corrected chi connectivity index (χ4v) is 4.61. The van der Waals surface area contributed by atoms with Gasteiger partial charge >= 0.3 is 12.1 Å². The summed E-state index contributed by atoms with van der Waals surface area (Å²) in [7, 11) is 0. The number of amides is 1. The topological polar surface area (TPSA) is 116 Å². The second-order valence-electron chi connectivity index (χ2n) is 9.83. The Morgan fingerprint density at radius 1 is 1.10 bits per heavy atom. The summed E-state index contributed by atoms with van der Waals surface area (Å²) in [6.45, 7) is 7.98. The molecule has 1 aromatic carbocycles. The number of carbonyl (C=O) groups is 3. The van der Waals surface area contributed by atoms with Gasteiger partial charge in [0.1, 0.15) is 5.82 Å². The molecule has 1 amide bonds. The van der Waals surface area contributed by atoms with Crippen molar-refractivity contribution in [3.63, 3.8) is 0 Å². The van der Waals surface area contributed by atoms with Crippen molar-refractivity contribution in [3.8, 4) is 0 Å². The van der Waals surface area contributed by atoms with Crippen molar-refractivity contribution in [1.29, 1.82) is 0 Å². The Labute approximate surface area is 233 Å². The van der Waals surface area contributed by atoms with Gasteiger partial charge in [0.2, 0.25) is 5.91 Å². The van der Waals surface area contributed by atoms with Crippen molar-refractivity contribution >= 4 is 40.9 Å². The molecule has 0 atom stereocenters. The van der Waals surface area contributed by atoms with Gasteiger partial charge < -0.3 is 20.2 Å². The molecule has 2 aromatic rings. The van der Waals surface area contributed by atoms with Crippen LogP contribution in [0.25, 0.3) is 0 Å². The standard InChI is InChI=1S/C24H29ClFN5O2.C2HF3O2/c1-14(2)27-23-24(29-21-13-31(15(3)32)11-8-20(21)28-23)30-9-6-16(7-10-30)22(33)18-12-17(25)4-5-19(18)26;3-2(4,5)1(6)7/h4-5,12,14,16H,6-11,13H2,1-3H3,(H,27,28);(H,6,7). The van der Waals surface area contributed by atoms with E-state index in [1.165, 1.54) is 18.2 Å². The van der Waals surface area contributed by atoms with E-state index in [4.69, 9.17) is 31.5 Å². The third kappa shape index (κ3) is 7.80. The Hall–Kier alpha value is -3.48. The molecule has 40 heavy (non-hydrogen) atoms. The average Bonchev–Trinajstić information content (AvgIpc) is 2.88. The molecule has 14 heteroatoms. The highest BCUT2D eigenvalue weighted by Gasteiger charge is 2.38. The molecule has 1 fully saturated rings. The van der Waals surface area contributed by atoms with Gasteiger partial charge in [-0.25, -0.2) is 19.2 Å². The number of aliphatic carboxylic acids is 1. The molecule has 0 saturated carbocycles. The number of carboxylic acid groups (broad SMARTS) is 1. The van der Waals surface area contributed by atoms with Crippen LogP contribution >= 0.6 is 11.6 Å². The molecule has 3 heterocycles. The average molecular weight is 588 g/mol. The van der Waals surface area contributed by atoms with Gasteiger partial charge in [0.05, 0.1) is 23.5 Å². The summed E-state index contributed by atoms with van der Waals surface area (Å²) in [6, 6.07) is 4.27. The van der Waals surface area contributed by atoms with E-state index in [1.807, 2.05) is 13.8 Å². The highest BCUT2D eigenvalue weighted by molar-refractivity contribution is 6.31. The minimum atomic E-state index is -5.08. The molecular weight excluding hydrogens is 558 g/mol. The van der Waals surface area contributed by atoms with Gasteiger partial charge in [-0.15, -0.1) is 0 Å². The van der Waals surface area contributed by atoms with Crippen molar-refractivity contribution in [3.05, 3.63) is 46.0 Å². The number of carbonyl (C=O) groups excluding carboxylic acids is 2. The smallest absolute Gasteiger partial charge is 0.475 e. The molecule has 218 valence electrons. The molecule has 0 radical (unpaired) electrons. The van der Waals surface area contributed by atoms with Crippen molar-refractivity contribution in [2.24, 2.45) is 5.92 Å². The Balaban J connectivity index is 0.000000559. The van der Waals surface area contributed by atoms with Gasteiger partial charge in [0.25, 0.3) is 0 Å². The third-order valence-electron chi connectivity index (χ3n) is 6.46. The van der Waals surface area contributed by atoms with Gasteiger partial charge in [-0.2, -0.15) is 13.2 Å². The maximum atomic E-state index is 14.2. The maximum Gasteiger partial charge on any atom is 0.490 e. The van der Waals surface area contributed by atoms with Crippen LogP contribution in [0.3, 0.4) is 0 Å². The van der Waals surface area contributed by atoms with E-state index in [9.17, 15) is 27.2 Å². The van der Waals surface area contributed by atoms with Gasteiger partial charge in [0, 0.05) is 50.0 Å². The van der Waals surface area contributed by atoms with Gasteiger partial charge in [-0.1, -0.05) is 11.6 Å². The molecule has 1 saturated heterocycles. The zero-order valence-electron chi connectivity index (χ0n) is 22.2. The van der Waals surface area contributed by atoms with E-state index < -0.39 is 18.0 Å². The number of nitrogens with zero attached hydrogens (tertiary/aromatic N) is 4. The molecule has 9 nitrogen and oxygen atoms in total. The van der Waals surface area contributed by atoms with E-state index in [2.05, 4.69) is 10.2 Å². The number of nitrogens with one attached hydrogen (secondary N) is 1. The fraction of sp³-hybridized carbons (Fsp3) is 0.500. The van der Waals surface area contributed by atoms with Crippen LogP contribution in [0.5, 0.6) is 0 Å². The lowest BCUT2D eigenvalue weighted by Crippen LogP contribution is -2.39. The molecule has 2 aliphatic heterocycles. The van der Waals surface area contributed by atoms with E-state index in [0.29, 0.717) is 50.5 Å². The zero-order chi connectivity index (χ0) is 29.8. The first-order valence-corrected chi connectivity index (χ1v) is 13.0. The number of hydrogen-bond donors (Lipinski definition) is 2. The predicted molar refractivity (Wildman–Crippen MR) is 140 cm³/mol. The lowest BCUT2D eigenvalue weighted by Gasteiger charge is -2.35. The number of aromatic nitrogens is 2.